The molecular weight excluding hydrogens is 310 g/mol. The van der Waals surface area contributed by atoms with E-state index in [4.69, 9.17) is 0 Å². The van der Waals surface area contributed by atoms with Crippen LogP contribution in [0.2, 0.25) is 0 Å². The molecule has 1 saturated heterocycles. The minimum atomic E-state index is -0.855. The first-order valence-corrected chi connectivity index (χ1v) is 6.72. The van der Waals surface area contributed by atoms with Crippen molar-refractivity contribution in [2.24, 2.45) is 5.10 Å². The van der Waals surface area contributed by atoms with E-state index in [1.54, 1.807) is 6.92 Å². The van der Waals surface area contributed by atoms with Crippen molar-refractivity contribution < 1.29 is 9.59 Å². The number of amides is 3. The third-order valence-corrected chi connectivity index (χ3v) is 3.61. The summed E-state index contributed by atoms with van der Waals surface area (Å²) in [6.45, 7) is 3.54. The Hall–Kier alpha value is -1.69. The molecule has 5 nitrogen and oxygen atoms in total. The molecule has 0 aromatic heterocycles. The molecule has 0 spiro atoms. The van der Waals surface area contributed by atoms with Gasteiger partial charge in [-0.05, 0) is 31.0 Å². The van der Waals surface area contributed by atoms with Crippen molar-refractivity contribution in [3.05, 3.63) is 34.3 Å². The number of hydrazone groups is 1. The quantitative estimate of drug-likeness (QED) is 0.686. The number of nitrogens with one attached hydrogen (secondary N) is 1. The highest BCUT2D eigenvalue weighted by molar-refractivity contribution is 9.10. The van der Waals surface area contributed by atoms with Crippen LogP contribution in [0, 0.1) is 0 Å². The molecule has 6 heteroatoms. The molecule has 3 amide bonds. The van der Waals surface area contributed by atoms with E-state index in [1.807, 2.05) is 31.2 Å². The number of carbonyl (C=O) groups is 2. The summed E-state index contributed by atoms with van der Waals surface area (Å²) in [6.07, 6.45) is 2.02. The van der Waals surface area contributed by atoms with E-state index >= 15 is 0 Å². The van der Waals surface area contributed by atoms with Gasteiger partial charge in [-0.1, -0.05) is 35.0 Å². The normalized spacial score (nSPS) is 23.2. The first-order chi connectivity index (χ1) is 8.96. The molecular formula is C13H14BrN3O2. The van der Waals surface area contributed by atoms with Gasteiger partial charge in [0, 0.05) is 4.47 Å². The van der Waals surface area contributed by atoms with E-state index in [9.17, 15) is 9.59 Å². The monoisotopic (exact) mass is 323 g/mol. The van der Waals surface area contributed by atoms with Crippen LogP contribution in [-0.4, -0.2) is 28.7 Å². The van der Waals surface area contributed by atoms with Gasteiger partial charge in [0.2, 0.25) is 0 Å². The Bertz CT molecular complexity index is 559. The highest BCUT2D eigenvalue weighted by atomic mass is 79.9. The zero-order valence-electron chi connectivity index (χ0n) is 10.7. The topological polar surface area (TPSA) is 61.8 Å². The van der Waals surface area contributed by atoms with Crippen LogP contribution in [0.5, 0.6) is 0 Å². The summed E-state index contributed by atoms with van der Waals surface area (Å²) in [7, 11) is 0. The molecule has 100 valence electrons. The lowest BCUT2D eigenvalue weighted by molar-refractivity contribution is -0.130. The van der Waals surface area contributed by atoms with Crippen LogP contribution in [0.15, 0.2) is 33.8 Å². The van der Waals surface area contributed by atoms with Crippen LogP contribution < -0.4 is 5.32 Å². The Balaban J connectivity index is 2.20. The third-order valence-electron chi connectivity index (χ3n) is 3.12. The summed E-state index contributed by atoms with van der Waals surface area (Å²) in [5.41, 5.74) is -0.0498. The molecule has 1 unspecified atom stereocenters. The fourth-order valence-corrected chi connectivity index (χ4v) is 2.14. The van der Waals surface area contributed by atoms with Crippen molar-refractivity contribution in [2.45, 2.75) is 25.8 Å². The molecule has 0 aliphatic carbocycles. The minimum Gasteiger partial charge on any atom is -0.322 e. The fourth-order valence-electron chi connectivity index (χ4n) is 1.72. The molecule has 0 bridgehead atoms. The fraction of sp³-hybridized carbons (Fsp3) is 0.308. The van der Waals surface area contributed by atoms with Crippen molar-refractivity contribution in [2.75, 3.05) is 0 Å². The summed E-state index contributed by atoms with van der Waals surface area (Å²) in [4.78, 5) is 23.8. The minimum absolute atomic E-state index is 0.328. The smallest absolute Gasteiger partial charge is 0.322 e. The van der Waals surface area contributed by atoms with Crippen LogP contribution in [0.3, 0.4) is 0 Å². The molecule has 1 fully saturated rings. The van der Waals surface area contributed by atoms with E-state index in [1.165, 1.54) is 6.21 Å². The summed E-state index contributed by atoms with van der Waals surface area (Å²) < 4.78 is 0.909. The van der Waals surface area contributed by atoms with Crippen LogP contribution in [0.25, 0.3) is 0 Å². The SMILES string of the molecule is CCC1(C)NC(=O)N(/N=C/c2cccc(Br)c2)C1=O. The van der Waals surface area contributed by atoms with Gasteiger partial charge in [-0.2, -0.15) is 5.10 Å². The number of hydrogen-bond acceptors (Lipinski definition) is 3. The van der Waals surface area contributed by atoms with Gasteiger partial charge in [0.05, 0.1) is 6.21 Å². The van der Waals surface area contributed by atoms with Gasteiger partial charge in [0.1, 0.15) is 5.54 Å². The molecule has 0 radical (unpaired) electrons. The molecule has 1 aliphatic rings. The van der Waals surface area contributed by atoms with E-state index in [0.717, 1.165) is 15.0 Å². The average Bonchev–Trinajstić information content (AvgIpc) is 2.59. The van der Waals surface area contributed by atoms with E-state index < -0.39 is 11.6 Å². The Morgan fingerprint density at radius 2 is 2.21 bits per heavy atom. The number of urea groups is 1. The van der Waals surface area contributed by atoms with Gasteiger partial charge >= 0.3 is 6.03 Å². The van der Waals surface area contributed by atoms with Crippen LogP contribution in [-0.2, 0) is 4.79 Å². The third kappa shape index (κ3) is 2.68. The molecule has 1 aliphatic heterocycles. The Kier molecular flexibility index (Phi) is 3.71. The van der Waals surface area contributed by atoms with Crippen molar-refractivity contribution >= 4 is 34.1 Å². The standard InChI is InChI=1S/C13H14BrN3O2/c1-3-13(2)11(18)17(12(19)16-13)15-8-9-5-4-6-10(14)7-9/h4-8H,3H2,1-2H3,(H,16,19)/b15-8+. The number of halogens is 1. The number of nitrogens with zero attached hydrogens (tertiary/aromatic N) is 2. The van der Waals surface area contributed by atoms with Crippen LogP contribution in [0.1, 0.15) is 25.8 Å². The lowest BCUT2D eigenvalue weighted by atomic mass is 10.00. The zero-order chi connectivity index (χ0) is 14.0. The van der Waals surface area contributed by atoms with E-state index in [0.29, 0.717) is 6.42 Å². The number of hydrogen-bond donors (Lipinski definition) is 1. The molecule has 1 aromatic rings. The average molecular weight is 324 g/mol. The van der Waals surface area contributed by atoms with Crippen molar-refractivity contribution in [1.29, 1.82) is 0 Å². The number of benzene rings is 1. The first kappa shape index (κ1) is 13.7. The van der Waals surface area contributed by atoms with Gasteiger partial charge < -0.3 is 5.32 Å². The molecule has 1 N–H and O–H groups in total. The van der Waals surface area contributed by atoms with Gasteiger partial charge in [-0.15, -0.1) is 5.01 Å². The number of imide groups is 1. The predicted molar refractivity (Wildman–Crippen MR) is 75.8 cm³/mol. The lowest BCUT2D eigenvalue weighted by Gasteiger charge is -2.17. The van der Waals surface area contributed by atoms with Gasteiger partial charge in [-0.3, -0.25) is 4.79 Å². The number of carbonyl (C=O) groups excluding carboxylic acids is 2. The lowest BCUT2D eigenvalue weighted by Crippen LogP contribution is -2.42. The van der Waals surface area contributed by atoms with Crippen LogP contribution >= 0.6 is 15.9 Å². The maximum Gasteiger partial charge on any atom is 0.346 e. The Morgan fingerprint density at radius 1 is 1.47 bits per heavy atom. The molecule has 2 rings (SSSR count). The van der Waals surface area contributed by atoms with Crippen molar-refractivity contribution in [3.63, 3.8) is 0 Å². The largest absolute Gasteiger partial charge is 0.346 e. The molecule has 1 heterocycles. The van der Waals surface area contributed by atoms with Crippen LogP contribution in [0.4, 0.5) is 4.79 Å². The highest BCUT2D eigenvalue weighted by Crippen LogP contribution is 2.21. The second kappa shape index (κ2) is 5.13. The highest BCUT2D eigenvalue weighted by Gasteiger charge is 2.46. The summed E-state index contributed by atoms with van der Waals surface area (Å²) in [5.74, 6) is -0.328. The molecule has 1 atom stereocenters. The summed E-state index contributed by atoms with van der Waals surface area (Å²) >= 11 is 3.35. The molecule has 19 heavy (non-hydrogen) atoms. The second-order valence-electron chi connectivity index (χ2n) is 4.53. The molecule has 0 saturated carbocycles. The maximum atomic E-state index is 12.1. The summed E-state index contributed by atoms with van der Waals surface area (Å²) in [5, 5.41) is 7.49. The van der Waals surface area contributed by atoms with E-state index in [2.05, 4.69) is 26.3 Å². The first-order valence-electron chi connectivity index (χ1n) is 5.92. The number of rotatable bonds is 3. The van der Waals surface area contributed by atoms with Gasteiger partial charge in [-0.25, -0.2) is 4.79 Å². The van der Waals surface area contributed by atoms with Gasteiger partial charge in [0.25, 0.3) is 5.91 Å². The Labute approximate surface area is 119 Å². The molecule has 1 aromatic carbocycles. The maximum absolute atomic E-state index is 12.1. The summed E-state index contributed by atoms with van der Waals surface area (Å²) in [6, 6.07) is 6.94. The second-order valence-corrected chi connectivity index (χ2v) is 5.45. The van der Waals surface area contributed by atoms with Gasteiger partial charge in [0.15, 0.2) is 0 Å². The van der Waals surface area contributed by atoms with Crippen molar-refractivity contribution in [1.82, 2.24) is 10.3 Å². The zero-order valence-corrected chi connectivity index (χ0v) is 12.3. The predicted octanol–water partition coefficient (Wildman–Crippen LogP) is 2.50. The Morgan fingerprint density at radius 3 is 2.79 bits per heavy atom. The van der Waals surface area contributed by atoms with Crippen molar-refractivity contribution in [3.8, 4) is 0 Å². The van der Waals surface area contributed by atoms with E-state index in [-0.39, 0.29) is 5.91 Å².